The lowest BCUT2D eigenvalue weighted by Gasteiger charge is -2.42. The lowest BCUT2D eigenvalue weighted by Crippen LogP contribution is -2.39. The number of anilines is 1. The molecule has 4 aliphatic rings. The third kappa shape index (κ3) is 3.60. The standard InChI is InChI=1S/C30H22FNO7/c1-13-9-23(34)20-12-19-17(24(26(20)27(13)35)14-5-8-22(33)21(31)11-14)6-7-18-25(19)29(37)32(28(18)36)16-4-2-3-15(10-16)30(38)39/h2-6,8-11,18-19,24-25,33H,7,12H2,1H3,(H,38,39). The Balaban J connectivity index is 1.48. The zero-order valence-electron chi connectivity index (χ0n) is 20.7. The van der Waals surface area contributed by atoms with Crippen LogP contribution in [0.4, 0.5) is 10.1 Å². The highest BCUT2D eigenvalue weighted by Gasteiger charge is 2.56. The molecular formula is C30H22FNO7. The maximum Gasteiger partial charge on any atom is 0.335 e. The Bertz CT molecular complexity index is 1630. The Morgan fingerprint density at radius 2 is 1.79 bits per heavy atom. The van der Waals surface area contributed by atoms with Crippen LogP contribution in [-0.2, 0) is 19.2 Å². The molecule has 1 aliphatic heterocycles. The molecule has 0 bridgehead atoms. The molecule has 0 aromatic heterocycles. The lowest BCUT2D eigenvalue weighted by atomic mass is 9.59. The van der Waals surface area contributed by atoms with E-state index in [1.165, 1.54) is 49.4 Å². The Morgan fingerprint density at radius 1 is 1.03 bits per heavy atom. The number of phenols is 1. The van der Waals surface area contributed by atoms with Crippen molar-refractivity contribution in [2.45, 2.75) is 25.7 Å². The van der Waals surface area contributed by atoms with Gasteiger partial charge in [-0.25, -0.2) is 9.18 Å². The van der Waals surface area contributed by atoms with Crippen LogP contribution in [0.25, 0.3) is 0 Å². The monoisotopic (exact) mass is 527 g/mol. The number of aromatic hydroxyl groups is 1. The van der Waals surface area contributed by atoms with Gasteiger partial charge in [0.15, 0.2) is 23.1 Å². The average Bonchev–Trinajstić information content (AvgIpc) is 3.17. The van der Waals surface area contributed by atoms with E-state index in [0.29, 0.717) is 11.1 Å². The average molecular weight is 528 g/mol. The van der Waals surface area contributed by atoms with E-state index < -0.39 is 53.0 Å². The number of imide groups is 1. The predicted octanol–water partition coefficient (Wildman–Crippen LogP) is 3.86. The summed E-state index contributed by atoms with van der Waals surface area (Å²) < 4.78 is 14.5. The number of amides is 2. The molecule has 8 nitrogen and oxygen atoms in total. The fraction of sp³-hybridized carbons (Fsp3) is 0.233. The molecule has 0 radical (unpaired) electrons. The smallest absolute Gasteiger partial charge is 0.335 e. The number of carbonyl (C=O) groups excluding carboxylic acids is 4. The van der Waals surface area contributed by atoms with Crippen molar-refractivity contribution in [2.75, 3.05) is 4.90 Å². The minimum absolute atomic E-state index is 0.0653. The number of halogens is 1. The predicted molar refractivity (Wildman–Crippen MR) is 135 cm³/mol. The molecule has 2 aromatic carbocycles. The molecule has 39 heavy (non-hydrogen) atoms. The van der Waals surface area contributed by atoms with Crippen molar-refractivity contribution >= 4 is 35.0 Å². The molecule has 3 aliphatic carbocycles. The summed E-state index contributed by atoms with van der Waals surface area (Å²) in [6.45, 7) is 1.54. The van der Waals surface area contributed by atoms with Crippen LogP contribution in [0.5, 0.6) is 5.75 Å². The first-order valence-electron chi connectivity index (χ1n) is 12.5. The Hall–Kier alpha value is -4.66. The number of Topliss-reactive ketones (excluding diaryl/α,β-unsaturated/α-hetero) is 1. The molecule has 9 heteroatoms. The van der Waals surface area contributed by atoms with Crippen LogP contribution in [0.2, 0.25) is 0 Å². The number of benzene rings is 2. The quantitative estimate of drug-likeness (QED) is 0.352. The van der Waals surface area contributed by atoms with Crippen molar-refractivity contribution in [3.8, 4) is 5.75 Å². The zero-order valence-corrected chi connectivity index (χ0v) is 20.7. The van der Waals surface area contributed by atoms with Crippen LogP contribution in [0.15, 0.2) is 76.9 Å². The molecule has 1 fully saturated rings. The summed E-state index contributed by atoms with van der Waals surface area (Å²) in [7, 11) is 0. The summed E-state index contributed by atoms with van der Waals surface area (Å²) in [5, 5.41) is 19.2. The Morgan fingerprint density at radius 3 is 2.51 bits per heavy atom. The lowest BCUT2D eigenvalue weighted by molar-refractivity contribution is -0.123. The first-order valence-corrected chi connectivity index (χ1v) is 12.5. The molecule has 0 saturated carbocycles. The fourth-order valence-corrected chi connectivity index (χ4v) is 6.48. The van der Waals surface area contributed by atoms with E-state index in [0.717, 1.165) is 11.0 Å². The number of rotatable bonds is 3. The van der Waals surface area contributed by atoms with Crippen molar-refractivity contribution < 1.29 is 38.6 Å². The van der Waals surface area contributed by atoms with E-state index in [1.807, 2.05) is 0 Å². The highest BCUT2D eigenvalue weighted by molar-refractivity contribution is 6.25. The molecule has 4 atom stereocenters. The molecule has 1 saturated heterocycles. The third-order valence-electron chi connectivity index (χ3n) is 8.22. The van der Waals surface area contributed by atoms with Crippen LogP contribution in [-0.4, -0.2) is 39.6 Å². The maximum atomic E-state index is 14.5. The number of carboxylic acids is 1. The molecule has 196 valence electrons. The second kappa shape index (κ2) is 8.69. The van der Waals surface area contributed by atoms with Crippen LogP contribution in [0.3, 0.4) is 0 Å². The molecule has 2 amide bonds. The van der Waals surface area contributed by atoms with Gasteiger partial charge in [-0.2, -0.15) is 0 Å². The van der Waals surface area contributed by atoms with Gasteiger partial charge in [0, 0.05) is 22.6 Å². The van der Waals surface area contributed by atoms with E-state index >= 15 is 0 Å². The van der Waals surface area contributed by atoms with E-state index in [1.54, 1.807) is 6.08 Å². The summed E-state index contributed by atoms with van der Waals surface area (Å²) >= 11 is 0. The third-order valence-corrected chi connectivity index (χ3v) is 8.22. The van der Waals surface area contributed by atoms with E-state index in [2.05, 4.69) is 0 Å². The number of hydrogen-bond acceptors (Lipinski definition) is 6. The topological polar surface area (TPSA) is 129 Å². The first kappa shape index (κ1) is 24.7. The molecule has 4 unspecified atom stereocenters. The van der Waals surface area contributed by atoms with E-state index in [4.69, 9.17) is 0 Å². The van der Waals surface area contributed by atoms with Crippen molar-refractivity contribution in [2.24, 2.45) is 17.8 Å². The minimum Gasteiger partial charge on any atom is -0.505 e. The summed E-state index contributed by atoms with van der Waals surface area (Å²) in [4.78, 5) is 66.3. The number of ketones is 2. The zero-order chi connectivity index (χ0) is 27.7. The second-order valence-corrected chi connectivity index (χ2v) is 10.3. The molecule has 2 aromatic rings. The SMILES string of the molecule is CC1=CC(=O)C2=C(C1=O)C(c1ccc(O)c(F)c1)C1=CCC3C(=O)N(c4cccc(C(=O)O)c4)C(=O)C3C1C2. The number of carbonyl (C=O) groups is 5. The van der Waals surface area contributed by atoms with Crippen molar-refractivity contribution in [1.29, 1.82) is 0 Å². The fourth-order valence-electron chi connectivity index (χ4n) is 6.48. The number of aromatic carboxylic acids is 1. The van der Waals surface area contributed by atoms with Gasteiger partial charge in [-0.05, 0) is 67.7 Å². The van der Waals surface area contributed by atoms with E-state index in [-0.39, 0.29) is 52.4 Å². The van der Waals surface area contributed by atoms with Gasteiger partial charge in [-0.15, -0.1) is 0 Å². The highest BCUT2D eigenvalue weighted by Crippen LogP contribution is 2.55. The van der Waals surface area contributed by atoms with Gasteiger partial charge in [-0.3, -0.25) is 24.1 Å². The van der Waals surface area contributed by atoms with Crippen LogP contribution in [0, 0.1) is 23.6 Å². The number of carboxylic acid groups (broad SMARTS) is 1. The van der Waals surface area contributed by atoms with Gasteiger partial charge < -0.3 is 10.2 Å². The summed E-state index contributed by atoms with van der Waals surface area (Å²) in [6, 6.07) is 9.37. The largest absolute Gasteiger partial charge is 0.505 e. The number of hydrogen-bond donors (Lipinski definition) is 2. The van der Waals surface area contributed by atoms with Crippen LogP contribution in [0.1, 0.15) is 41.6 Å². The summed E-state index contributed by atoms with van der Waals surface area (Å²) in [6.07, 6.45) is 3.32. The van der Waals surface area contributed by atoms with Crippen molar-refractivity contribution in [3.63, 3.8) is 0 Å². The normalized spacial score (nSPS) is 26.2. The molecular weight excluding hydrogens is 505 g/mol. The second-order valence-electron chi connectivity index (χ2n) is 10.3. The maximum absolute atomic E-state index is 14.5. The van der Waals surface area contributed by atoms with Gasteiger partial charge in [0.2, 0.25) is 11.8 Å². The van der Waals surface area contributed by atoms with Gasteiger partial charge in [0.25, 0.3) is 0 Å². The Kier molecular flexibility index (Phi) is 5.50. The first-order chi connectivity index (χ1) is 18.6. The van der Waals surface area contributed by atoms with Crippen LogP contribution >= 0.6 is 0 Å². The Labute approximate surface area is 221 Å². The van der Waals surface area contributed by atoms with Crippen molar-refractivity contribution in [3.05, 3.63) is 93.9 Å². The van der Waals surface area contributed by atoms with E-state index in [9.17, 15) is 38.6 Å². The number of nitrogens with zero attached hydrogens (tertiary/aromatic N) is 1. The molecule has 2 N–H and O–H groups in total. The summed E-state index contributed by atoms with van der Waals surface area (Å²) in [5.41, 5.74) is 1.80. The van der Waals surface area contributed by atoms with Crippen molar-refractivity contribution in [1.82, 2.24) is 0 Å². The molecule has 6 rings (SSSR count). The number of fused-ring (bicyclic) bond motifs is 3. The van der Waals surface area contributed by atoms with Crippen LogP contribution < -0.4 is 4.90 Å². The molecule has 0 spiro atoms. The highest BCUT2D eigenvalue weighted by atomic mass is 19.1. The summed E-state index contributed by atoms with van der Waals surface area (Å²) in [5.74, 6) is -7.34. The minimum atomic E-state index is -1.20. The number of allylic oxidation sites excluding steroid dienone is 6. The molecule has 1 heterocycles. The van der Waals surface area contributed by atoms with Gasteiger partial charge in [-0.1, -0.05) is 23.8 Å². The van der Waals surface area contributed by atoms with Gasteiger partial charge in [0.1, 0.15) is 0 Å². The van der Waals surface area contributed by atoms with Gasteiger partial charge >= 0.3 is 5.97 Å². The van der Waals surface area contributed by atoms with Gasteiger partial charge in [0.05, 0.1) is 23.1 Å². The number of phenolic OH excluding ortho intramolecular Hbond substituents is 1.